The molecule has 2 aromatic carbocycles. The van der Waals surface area contributed by atoms with Crippen molar-refractivity contribution < 1.29 is 4.79 Å². The molecule has 0 radical (unpaired) electrons. The number of anilines is 2. The van der Waals surface area contributed by atoms with Crippen LogP contribution in [0.4, 0.5) is 11.5 Å². The molecule has 0 unspecified atom stereocenters. The van der Waals surface area contributed by atoms with Gasteiger partial charge in [-0.15, -0.1) is 0 Å². The molecule has 0 saturated heterocycles. The molecule has 5 rings (SSSR count). The van der Waals surface area contributed by atoms with Crippen LogP contribution in [0, 0.1) is 0 Å². The summed E-state index contributed by atoms with van der Waals surface area (Å²) in [6.45, 7) is 3.21. The summed E-state index contributed by atoms with van der Waals surface area (Å²) in [4.78, 5) is 49.7. The number of aromatic nitrogens is 4. The second-order valence-electron chi connectivity index (χ2n) is 8.24. The van der Waals surface area contributed by atoms with Gasteiger partial charge in [0.2, 0.25) is 5.91 Å². The Labute approximate surface area is 209 Å². The van der Waals surface area contributed by atoms with Gasteiger partial charge in [-0.1, -0.05) is 41.9 Å². The maximum atomic E-state index is 14.0. The van der Waals surface area contributed by atoms with Crippen molar-refractivity contribution in [3.05, 3.63) is 98.4 Å². The minimum absolute atomic E-state index is 0.246. The van der Waals surface area contributed by atoms with E-state index in [9.17, 15) is 14.4 Å². The zero-order chi connectivity index (χ0) is 25.4. The van der Waals surface area contributed by atoms with Gasteiger partial charge in [-0.05, 0) is 25.1 Å². The molecule has 3 heterocycles. The SMILES string of the molecule is CC(=O)Nc1cccc2c(Cl)c([C@H](C)Nc3ncnc4[nH]ccc(=O)c34)n(-c3ccccc3)c(=O)c12. The number of nitrogens with zero attached hydrogens (tertiary/aromatic N) is 3. The number of hydrogen-bond acceptors (Lipinski definition) is 6. The summed E-state index contributed by atoms with van der Waals surface area (Å²) in [6.07, 6.45) is 2.87. The maximum absolute atomic E-state index is 14.0. The molecule has 0 saturated carbocycles. The highest BCUT2D eigenvalue weighted by Crippen LogP contribution is 2.35. The highest BCUT2D eigenvalue weighted by atomic mass is 35.5. The van der Waals surface area contributed by atoms with Gasteiger partial charge in [0.15, 0.2) is 5.43 Å². The van der Waals surface area contributed by atoms with Crippen LogP contribution in [-0.2, 0) is 4.79 Å². The first-order valence-corrected chi connectivity index (χ1v) is 11.5. The molecule has 1 amide bonds. The van der Waals surface area contributed by atoms with E-state index in [-0.39, 0.29) is 16.9 Å². The Bertz CT molecular complexity index is 1740. The standard InChI is InChI=1S/C26H21ClN6O3/c1-14(31-25-21-19(35)11-12-28-24(21)29-13-30-25)23-22(27)17-9-6-10-18(32-15(2)34)20(17)26(36)33(23)16-7-4-3-5-8-16/h3-14H,1-2H3,(H,32,34)(H2,28,29,30,31,35)/t14-/m0/s1. The first kappa shape index (κ1) is 23.3. The third-order valence-electron chi connectivity index (χ3n) is 5.82. The largest absolute Gasteiger partial charge is 0.361 e. The summed E-state index contributed by atoms with van der Waals surface area (Å²) in [5, 5.41) is 7.39. The zero-order valence-corrected chi connectivity index (χ0v) is 20.1. The molecule has 0 aliphatic heterocycles. The molecule has 36 heavy (non-hydrogen) atoms. The number of benzene rings is 2. The monoisotopic (exact) mass is 500 g/mol. The van der Waals surface area contributed by atoms with Crippen molar-refractivity contribution >= 4 is 50.8 Å². The Morgan fingerprint density at radius 3 is 2.56 bits per heavy atom. The zero-order valence-electron chi connectivity index (χ0n) is 19.4. The number of rotatable bonds is 5. The molecule has 0 fully saturated rings. The second kappa shape index (κ2) is 9.27. The predicted molar refractivity (Wildman–Crippen MR) is 141 cm³/mol. The molecule has 3 N–H and O–H groups in total. The van der Waals surface area contributed by atoms with Crippen molar-refractivity contribution in [1.82, 2.24) is 19.5 Å². The Morgan fingerprint density at radius 2 is 1.81 bits per heavy atom. The molecule has 1 atom stereocenters. The quantitative estimate of drug-likeness (QED) is 0.328. The Morgan fingerprint density at radius 1 is 1.03 bits per heavy atom. The van der Waals surface area contributed by atoms with E-state index in [1.165, 1.54) is 30.1 Å². The first-order valence-electron chi connectivity index (χ1n) is 11.2. The van der Waals surface area contributed by atoms with Gasteiger partial charge >= 0.3 is 0 Å². The lowest BCUT2D eigenvalue weighted by Gasteiger charge is -2.24. The molecule has 0 spiro atoms. The molecule has 0 aliphatic carbocycles. The smallest absolute Gasteiger partial charge is 0.265 e. The van der Waals surface area contributed by atoms with E-state index < -0.39 is 6.04 Å². The number of nitrogens with one attached hydrogen (secondary N) is 3. The van der Waals surface area contributed by atoms with E-state index in [0.717, 1.165) is 0 Å². The number of carbonyl (C=O) groups is 1. The second-order valence-corrected chi connectivity index (χ2v) is 8.62. The fourth-order valence-electron chi connectivity index (χ4n) is 4.32. The van der Waals surface area contributed by atoms with Crippen molar-refractivity contribution in [1.29, 1.82) is 0 Å². The number of fused-ring (bicyclic) bond motifs is 2. The summed E-state index contributed by atoms with van der Waals surface area (Å²) in [6, 6.07) is 15.0. The summed E-state index contributed by atoms with van der Waals surface area (Å²) < 4.78 is 1.52. The lowest BCUT2D eigenvalue weighted by Crippen LogP contribution is -2.27. The van der Waals surface area contributed by atoms with Crippen LogP contribution in [0.1, 0.15) is 25.6 Å². The van der Waals surface area contributed by atoms with E-state index >= 15 is 0 Å². The lowest BCUT2D eigenvalue weighted by molar-refractivity contribution is -0.114. The maximum Gasteiger partial charge on any atom is 0.265 e. The van der Waals surface area contributed by atoms with Crippen LogP contribution in [0.3, 0.4) is 0 Å². The van der Waals surface area contributed by atoms with Crippen LogP contribution in [0.15, 0.2) is 76.7 Å². The van der Waals surface area contributed by atoms with Gasteiger partial charge in [-0.25, -0.2) is 9.97 Å². The molecular formula is C26H21ClN6O3. The topological polar surface area (TPSA) is 122 Å². The minimum Gasteiger partial charge on any atom is -0.361 e. The Hall–Kier alpha value is -4.50. The van der Waals surface area contributed by atoms with Crippen LogP contribution >= 0.6 is 11.6 Å². The average molecular weight is 501 g/mol. The molecule has 10 heteroatoms. The van der Waals surface area contributed by atoms with Crippen LogP contribution < -0.4 is 21.6 Å². The molecule has 0 aliphatic rings. The lowest BCUT2D eigenvalue weighted by atomic mass is 10.1. The Balaban J connectivity index is 1.77. The number of H-pyrrole nitrogens is 1. The van der Waals surface area contributed by atoms with Gasteiger partial charge in [0.05, 0.1) is 27.8 Å². The first-order chi connectivity index (χ1) is 17.4. The van der Waals surface area contributed by atoms with E-state index in [2.05, 4.69) is 25.6 Å². The number of hydrogen-bond donors (Lipinski definition) is 3. The van der Waals surface area contributed by atoms with Gasteiger partial charge in [0.25, 0.3) is 5.56 Å². The predicted octanol–water partition coefficient (Wildman–Crippen LogP) is 4.41. The van der Waals surface area contributed by atoms with E-state index in [1.807, 2.05) is 25.1 Å². The van der Waals surface area contributed by atoms with Crippen LogP contribution in [0.5, 0.6) is 0 Å². The molecule has 9 nitrogen and oxygen atoms in total. The summed E-state index contributed by atoms with van der Waals surface area (Å²) >= 11 is 6.97. The number of aromatic amines is 1. The van der Waals surface area contributed by atoms with Crippen LogP contribution in [0.25, 0.3) is 27.5 Å². The van der Waals surface area contributed by atoms with Gasteiger partial charge < -0.3 is 15.6 Å². The third kappa shape index (κ3) is 3.99. The third-order valence-corrected chi connectivity index (χ3v) is 6.22. The van der Waals surface area contributed by atoms with E-state index in [4.69, 9.17) is 11.6 Å². The van der Waals surface area contributed by atoms with Crippen molar-refractivity contribution in [3.8, 4) is 5.69 Å². The van der Waals surface area contributed by atoms with Gasteiger partial charge in [0.1, 0.15) is 23.2 Å². The van der Waals surface area contributed by atoms with Gasteiger partial charge in [-0.2, -0.15) is 0 Å². The molecule has 180 valence electrons. The molecular weight excluding hydrogens is 480 g/mol. The summed E-state index contributed by atoms with van der Waals surface area (Å²) in [5.74, 6) is 0.00817. The highest BCUT2D eigenvalue weighted by Gasteiger charge is 2.24. The normalized spacial score (nSPS) is 12.0. The number of para-hydroxylation sites is 1. The van der Waals surface area contributed by atoms with Gasteiger partial charge in [0, 0.05) is 30.3 Å². The highest BCUT2D eigenvalue weighted by molar-refractivity contribution is 6.36. The number of pyridine rings is 2. The molecule has 0 bridgehead atoms. The van der Waals surface area contributed by atoms with E-state index in [1.54, 1.807) is 30.3 Å². The van der Waals surface area contributed by atoms with Crippen LogP contribution in [-0.4, -0.2) is 25.4 Å². The summed E-state index contributed by atoms with van der Waals surface area (Å²) in [7, 11) is 0. The average Bonchev–Trinajstić information content (AvgIpc) is 2.86. The van der Waals surface area contributed by atoms with Crippen molar-refractivity contribution in [2.75, 3.05) is 10.6 Å². The molecule has 5 aromatic rings. The fraction of sp³-hybridized carbons (Fsp3) is 0.115. The fourth-order valence-corrected chi connectivity index (χ4v) is 4.73. The van der Waals surface area contributed by atoms with Crippen molar-refractivity contribution in [2.24, 2.45) is 0 Å². The van der Waals surface area contributed by atoms with Gasteiger partial charge in [-0.3, -0.25) is 19.0 Å². The Kier molecular flexibility index (Phi) is 5.99. The number of halogens is 1. The number of amides is 1. The number of carbonyl (C=O) groups excluding carboxylic acids is 1. The van der Waals surface area contributed by atoms with Crippen LogP contribution in [0.2, 0.25) is 5.02 Å². The minimum atomic E-state index is -0.558. The summed E-state index contributed by atoms with van der Waals surface area (Å²) in [5.41, 5.74) is 1.23. The van der Waals surface area contributed by atoms with E-state index in [0.29, 0.717) is 49.7 Å². The van der Waals surface area contributed by atoms with Crippen molar-refractivity contribution in [3.63, 3.8) is 0 Å². The molecule has 3 aromatic heterocycles. The van der Waals surface area contributed by atoms with Crippen molar-refractivity contribution in [2.45, 2.75) is 19.9 Å².